The normalized spacial score (nSPS) is 10.9. The fourth-order valence-corrected chi connectivity index (χ4v) is 2.70. The third-order valence-corrected chi connectivity index (χ3v) is 3.66. The van der Waals surface area contributed by atoms with Crippen LogP contribution in [0.15, 0.2) is 48.5 Å². The molecule has 0 fully saturated rings. The van der Waals surface area contributed by atoms with Gasteiger partial charge in [-0.15, -0.1) is 5.10 Å². The molecule has 0 spiro atoms. The van der Waals surface area contributed by atoms with Crippen molar-refractivity contribution in [2.75, 3.05) is 0 Å². The Hall–Kier alpha value is -2.46. The Balaban J connectivity index is 2.07. The second kappa shape index (κ2) is 6.12. The summed E-state index contributed by atoms with van der Waals surface area (Å²) in [6.45, 7) is 4.03. The highest BCUT2D eigenvalue weighted by molar-refractivity contribution is 5.41. The van der Waals surface area contributed by atoms with E-state index in [2.05, 4.69) is 54.5 Å². The highest BCUT2D eigenvalue weighted by atomic mass is 16.3. The zero-order valence-corrected chi connectivity index (χ0v) is 12.8. The standard InChI is InChI=1S/C18H19N3O/c1-13-8-14(2)10-16(9-13)21-18(17(12-22)19-20-21)11-15-6-4-3-5-7-15/h3-10,22H,11-12H2,1-2H3. The molecule has 22 heavy (non-hydrogen) atoms. The van der Waals surface area contributed by atoms with Gasteiger partial charge in [0.25, 0.3) is 0 Å². The van der Waals surface area contributed by atoms with Gasteiger partial charge in [-0.05, 0) is 42.7 Å². The number of aliphatic hydroxyl groups excluding tert-OH is 1. The largest absolute Gasteiger partial charge is 0.390 e. The molecule has 0 aliphatic carbocycles. The summed E-state index contributed by atoms with van der Waals surface area (Å²) in [5, 5.41) is 17.9. The summed E-state index contributed by atoms with van der Waals surface area (Å²) in [6, 6.07) is 16.5. The van der Waals surface area contributed by atoms with E-state index in [1.54, 1.807) is 0 Å². The molecule has 0 saturated carbocycles. The SMILES string of the molecule is Cc1cc(C)cc(-n2nnc(CO)c2Cc2ccccc2)c1. The van der Waals surface area contributed by atoms with Gasteiger partial charge in [-0.25, -0.2) is 4.68 Å². The Kier molecular flexibility index (Phi) is 4.02. The minimum absolute atomic E-state index is 0.104. The first-order valence-corrected chi connectivity index (χ1v) is 7.34. The van der Waals surface area contributed by atoms with E-state index >= 15 is 0 Å². The van der Waals surface area contributed by atoms with Crippen molar-refractivity contribution in [3.8, 4) is 5.69 Å². The van der Waals surface area contributed by atoms with Crippen LogP contribution in [0.5, 0.6) is 0 Å². The third kappa shape index (κ3) is 2.92. The molecule has 112 valence electrons. The summed E-state index contributed by atoms with van der Waals surface area (Å²) in [4.78, 5) is 0. The van der Waals surface area contributed by atoms with Crippen molar-refractivity contribution < 1.29 is 5.11 Å². The van der Waals surface area contributed by atoms with Gasteiger partial charge >= 0.3 is 0 Å². The van der Waals surface area contributed by atoms with Crippen LogP contribution in [0.2, 0.25) is 0 Å². The summed E-state index contributed by atoms with van der Waals surface area (Å²) < 4.78 is 1.83. The first-order valence-electron chi connectivity index (χ1n) is 7.34. The minimum Gasteiger partial charge on any atom is -0.390 e. The molecule has 0 aliphatic rings. The lowest BCUT2D eigenvalue weighted by molar-refractivity contribution is 0.275. The summed E-state index contributed by atoms with van der Waals surface area (Å²) in [5.41, 5.74) is 6.07. The molecule has 1 heterocycles. The van der Waals surface area contributed by atoms with E-state index in [0.717, 1.165) is 11.4 Å². The number of aliphatic hydroxyl groups is 1. The van der Waals surface area contributed by atoms with Gasteiger partial charge in [-0.3, -0.25) is 0 Å². The highest BCUT2D eigenvalue weighted by Gasteiger charge is 2.14. The van der Waals surface area contributed by atoms with Crippen molar-refractivity contribution >= 4 is 0 Å². The molecule has 0 atom stereocenters. The first-order chi connectivity index (χ1) is 10.7. The van der Waals surface area contributed by atoms with E-state index in [1.807, 2.05) is 22.9 Å². The number of benzene rings is 2. The Labute approximate surface area is 130 Å². The Bertz CT molecular complexity index is 758. The lowest BCUT2D eigenvalue weighted by Gasteiger charge is -2.10. The maximum absolute atomic E-state index is 9.55. The molecule has 1 aromatic heterocycles. The number of aryl methyl sites for hydroxylation is 2. The predicted molar refractivity (Wildman–Crippen MR) is 86.0 cm³/mol. The molecule has 0 radical (unpaired) electrons. The molecule has 4 nitrogen and oxygen atoms in total. The molecule has 0 saturated heterocycles. The van der Waals surface area contributed by atoms with Crippen LogP contribution in [-0.4, -0.2) is 20.1 Å². The number of hydrogen-bond donors (Lipinski definition) is 1. The van der Waals surface area contributed by atoms with Gasteiger partial charge in [0.05, 0.1) is 18.0 Å². The number of aromatic nitrogens is 3. The minimum atomic E-state index is -0.104. The summed E-state index contributed by atoms with van der Waals surface area (Å²) in [5.74, 6) is 0. The van der Waals surface area contributed by atoms with E-state index in [0.29, 0.717) is 12.1 Å². The van der Waals surface area contributed by atoms with Crippen molar-refractivity contribution in [3.05, 3.63) is 76.6 Å². The van der Waals surface area contributed by atoms with Gasteiger partial charge in [0.1, 0.15) is 5.69 Å². The number of nitrogens with zero attached hydrogens (tertiary/aromatic N) is 3. The maximum Gasteiger partial charge on any atom is 0.112 e. The van der Waals surface area contributed by atoms with Crippen LogP contribution in [0, 0.1) is 13.8 Å². The maximum atomic E-state index is 9.55. The molecule has 0 unspecified atom stereocenters. The van der Waals surface area contributed by atoms with Gasteiger partial charge in [-0.2, -0.15) is 0 Å². The van der Waals surface area contributed by atoms with Crippen LogP contribution in [0.25, 0.3) is 5.69 Å². The van der Waals surface area contributed by atoms with E-state index in [-0.39, 0.29) is 6.61 Å². The monoisotopic (exact) mass is 293 g/mol. The molecule has 3 rings (SSSR count). The van der Waals surface area contributed by atoms with Crippen molar-refractivity contribution in [1.82, 2.24) is 15.0 Å². The molecular weight excluding hydrogens is 274 g/mol. The molecule has 3 aromatic rings. The van der Waals surface area contributed by atoms with Gasteiger partial charge in [0.15, 0.2) is 0 Å². The molecule has 0 amide bonds. The Morgan fingerprint density at radius 1 is 1.00 bits per heavy atom. The van der Waals surface area contributed by atoms with Crippen LogP contribution < -0.4 is 0 Å². The predicted octanol–water partition coefficient (Wildman–Crippen LogP) is 2.97. The van der Waals surface area contributed by atoms with E-state index < -0.39 is 0 Å². The van der Waals surface area contributed by atoms with Crippen LogP contribution in [-0.2, 0) is 13.0 Å². The molecule has 0 aliphatic heterocycles. The van der Waals surface area contributed by atoms with Gasteiger partial charge < -0.3 is 5.11 Å². The van der Waals surface area contributed by atoms with Crippen molar-refractivity contribution in [1.29, 1.82) is 0 Å². The van der Waals surface area contributed by atoms with Crippen LogP contribution >= 0.6 is 0 Å². The average Bonchev–Trinajstić information content (AvgIpc) is 2.90. The molecule has 0 bridgehead atoms. The number of rotatable bonds is 4. The molecular formula is C18H19N3O. The highest BCUT2D eigenvalue weighted by Crippen LogP contribution is 2.19. The first kappa shape index (κ1) is 14.5. The average molecular weight is 293 g/mol. The van der Waals surface area contributed by atoms with Crippen molar-refractivity contribution in [2.45, 2.75) is 26.9 Å². The van der Waals surface area contributed by atoms with Gasteiger partial charge in [0.2, 0.25) is 0 Å². The van der Waals surface area contributed by atoms with Crippen LogP contribution in [0.3, 0.4) is 0 Å². The summed E-state index contributed by atoms with van der Waals surface area (Å²) in [7, 11) is 0. The van der Waals surface area contributed by atoms with E-state index in [9.17, 15) is 5.11 Å². The summed E-state index contributed by atoms with van der Waals surface area (Å²) >= 11 is 0. The second-order valence-corrected chi connectivity index (χ2v) is 5.56. The van der Waals surface area contributed by atoms with Crippen LogP contribution in [0.4, 0.5) is 0 Å². The van der Waals surface area contributed by atoms with Gasteiger partial charge in [0, 0.05) is 6.42 Å². The molecule has 2 aromatic carbocycles. The molecule has 1 N–H and O–H groups in total. The van der Waals surface area contributed by atoms with Crippen molar-refractivity contribution in [2.24, 2.45) is 0 Å². The fraction of sp³-hybridized carbons (Fsp3) is 0.222. The lowest BCUT2D eigenvalue weighted by atomic mass is 10.1. The topological polar surface area (TPSA) is 50.9 Å². The lowest BCUT2D eigenvalue weighted by Crippen LogP contribution is -2.05. The zero-order valence-electron chi connectivity index (χ0n) is 12.8. The molecule has 4 heteroatoms. The fourth-order valence-electron chi connectivity index (χ4n) is 2.70. The number of hydrogen-bond acceptors (Lipinski definition) is 3. The van der Waals surface area contributed by atoms with E-state index in [1.165, 1.54) is 16.7 Å². The van der Waals surface area contributed by atoms with Gasteiger partial charge in [-0.1, -0.05) is 41.6 Å². The van der Waals surface area contributed by atoms with Crippen LogP contribution in [0.1, 0.15) is 28.1 Å². The smallest absolute Gasteiger partial charge is 0.112 e. The Morgan fingerprint density at radius 2 is 1.68 bits per heavy atom. The zero-order chi connectivity index (χ0) is 15.5. The van der Waals surface area contributed by atoms with Crippen molar-refractivity contribution in [3.63, 3.8) is 0 Å². The summed E-state index contributed by atoms with van der Waals surface area (Å²) in [6.07, 6.45) is 0.691. The Morgan fingerprint density at radius 3 is 2.32 bits per heavy atom. The van der Waals surface area contributed by atoms with E-state index in [4.69, 9.17) is 0 Å². The third-order valence-electron chi connectivity index (χ3n) is 3.66. The quantitative estimate of drug-likeness (QED) is 0.804. The second-order valence-electron chi connectivity index (χ2n) is 5.56.